The Labute approximate surface area is 129 Å². The maximum atomic E-state index is 6.18. The fourth-order valence-electron chi connectivity index (χ4n) is 2.56. The summed E-state index contributed by atoms with van der Waals surface area (Å²) in [6.45, 7) is 0. The number of nitrogens with two attached hydrogens (primary N) is 1. The summed E-state index contributed by atoms with van der Waals surface area (Å²) in [5.41, 5.74) is 7.47. The molecule has 3 rings (SSSR count). The highest BCUT2D eigenvalue weighted by Crippen LogP contribution is 2.37. The van der Waals surface area contributed by atoms with E-state index in [1.807, 2.05) is 30.0 Å². The van der Waals surface area contributed by atoms with Crippen LogP contribution in [0.2, 0.25) is 0 Å². The molecule has 2 N–H and O–H groups in total. The van der Waals surface area contributed by atoms with E-state index in [2.05, 4.69) is 22.3 Å². The molecule has 1 aromatic heterocycles. The molecule has 0 saturated carbocycles. The molecular formula is C16H21N3OS. The van der Waals surface area contributed by atoms with Gasteiger partial charge in [-0.1, -0.05) is 41.9 Å². The van der Waals surface area contributed by atoms with Crippen molar-refractivity contribution in [2.45, 2.75) is 43.4 Å². The van der Waals surface area contributed by atoms with Gasteiger partial charge in [0.2, 0.25) is 5.89 Å². The standard InChI is InChI=1S/C16H21N3OS/c17-13(10-9-12-6-2-1-3-7-12)16-18-15(19-20-16)14-8-4-5-11-21-14/h1-3,6-7,13-14H,4-5,8-11,17H2/t13-,14?/m0/s1. The summed E-state index contributed by atoms with van der Waals surface area (Å²) in [7, 11) is 0. The van der Waals surface area contributed by atoms with E-state index in [9.17, 15) is 0 Å². The largest absolute Gasteiger partial charge is 0.338 e. The molecule has 2 heterocycles. The van der Waals surface area contributed by atoms with Crippen molar-refractivity contribution in [3.63, 3.8) is 0 Å². The number of thioether (sulfide) groups is 1. The third-order valence-electron chi connectivity index (χ3n) is 3.83. The van der Waals surface area contributed by atoms with Crippen molar-refractivity contribution >= 4 is 11.8 Å². The predicted octanol–water partition coefficient (Wildman–Crippen LogP) is 3.66. The molecule has 0 radical (unpaired) electrons. The summed E-state index contributed by atoms with van der Waals surface area (Å²) in [6.07, 6.45) is 5.44. The minimum absolute atomic E-state index is 0.181. The Morgan fingerprint density at radius 1 is 1.29 bits per heavy atom. The molecule has 21 heavy (non-hydrogen) atoms. The lowest BCUT2D eigenvalue weighted by molar-refractivity contribution is 0.344. The van der Waals surface area contributed by atoms with Crippen LogP contribution < -0.4 is 5.73 Å². The number of hydrogen-bond donors (Lipinski definition) is 1. The Hall–Kier alpha value is -1.33. The first-order valence-corrected chi connectivity index (χ1v) is 8.62. The summed E-state index contributed by atoms with van der Waals surface area (Å²) >= 11 is 1.93. The molecule has 0 spiro atoms. The predicted molar refractivity (Wildman–Crippen MR) is 85.0 cm³/mol. The second-order valence-corrected chi connectivity index (χ2v) is 6.79. The topological polar surface area (TPSA) is 64.9 Å². The van der Waals surface area contributed by atoms with Crippen LogP contribution in [0.5, 0.6) is 0 Å². The number of nitrogens with zero attached hydrogens (tertiary/aromatic N) is 2. The Morgan fingerprint density at radius 3 is 2.90 bits per heavy atom. The Bertz CT molecular complexity index is 552. The second-order valence-electron chi connectivity index (χ2n) is 5.48. The fraction of sp³-hybridized carbons (Fsp3) is 0.500. The van der Waals surface area contributed by atoms with Crippen molar-refractivity contribution < 1.29 is 4.52 Å². The first-order valence-electron chi connectivity index (χ1n) is 7.57. The fourth-order valence-corrected chi connectivity index (χ4v) is 3.80. The molecule has 1 fully saturated rings. The van der Waals surface area contributed by atoms with Crippen molar-refractivity contribution in [3.8, 4) is 0 Å². The van der Waals surface area contributed by atoms with Crippen LogP contribution >= 0.6 is 11.8 Å². The van der Waals surface area contributed by atoms with Crippen LogP contribution in [0.4, 0.5) is 0 Å². The highest BCUT2D eigenvalue weighted by atomic mass is 32.2. The summed E-state index contributed by atoms with van der Waals surface area (Å²) in [4.78, 5) is 4.52. The lowest BCUT2D eigenvalue weighted by atomic mass is 10.1. The number of benzene rings is 1. The molecule has 2 aromatic rings. The van der Waals surface area contributed by atoms with E-state index in [4.69, 9.17) is 10.3 Å². The third kappa shape index (κ3) is 3.86. The second kappa shape index (κ2) is 7.09. The summed E-state index contributed by atoms with van der Waals surface area (Å²) in [6, 6.07) is 10.2. The van der Waals surface area contributed by atoms with E-state index >= 15 is 0 Å². The molecule has 112 valence electrons. The zero-order valence-corrected chi connectivity index (χ0v) is 12.9. The van der Waals surface area contributed by atoms with Crippen LogP contribution in [0.25, 0.3) is 0 Å². The van der Waals surface area contributed by atoms with E-state index in [1.54, 1.807) is 0 Å². The Kier molecular flexibility index (Phi) is 4.93. The summed E-state index contributed by atoms with van der Waals surface area (Å²) in [5, 5.41) is 4.52. The molecule has 1 aromatic carbocycles. The van der Waals surface area contributed by atoms with E-state index in [0.717, 1.165) is 25.1 Å². The number of hydrogen-bond acceptors (Lipinski definition) is 5. The lowest BCUT2D eigenvalue weighted by Gasteiger charge is -2.17. The van der Waals surface area contributed by atoms with Crippen molar-refractivity contribution in [1.82, 2.24) is 10.1 Å². The highest BCUT2D eigenvalue weighted by molar-refractivity contribution is 7.99. The Balaban J connectivity index is 1.57. The van der Waals surface area contributed by atoms with E-state index < -0.39 is 0 Å². The van der Waals surface area contributed by atoms with Gasteiger partial charge in [-0.05, 0) is 37.0 Å². The average Bonchev–Trinajstić information content (AvgIpc) is 3.04. The van der Waals surface area contributed by atoms with Crippen LogP contribution in [0.3, 0.4) is 0 Å². The van der Waals surface area contributed by atoms with Crippen molar-refractivity contribution in [2.24, 2.45) is 5.73 Å². The van der Waals surface area contributed by atoms with Gasteiger partial charge in [0.05, 0.1) is 11.3 Å². The third-order valence-corrected chi connectivity index (χ3v) is 5.20. The van der Waals surface area contributed by atoms with Gasteiger partial charge in [0.25, 0.3) is 0 Å². The highest BCUT2D eigenvalue weighted by Gasteiger charge is 2.23. The molecule has 1 aliphatic rings. The van der Waals surface area contributed by atoms with Crippen molar-refractivity contribution in [2.75, 3.05) is 5.75 Å². The van der Waals surface area contributed by atoms with Crippen LogP contribution in [-0.2, 0) is 6.42 Å². The smallest absolute Gasteiger partial charge is 0.243 e. The van der Waals surface area contributed by atoms with Crippen molar-refractivity contribution in [1.29, 1.82) is 0 Å². The minimum Gasteiger partial charge on any atom is -0.338 e. The molecule has 1 aliphatic heterocycles. The number of aryl methyl sites for hydroxylation is 1. The minimum atomic E-state index is -0.181. The molecule has 0 bridgehead atoms. The summed E-state index contributed by atoms with van der Waals surface area (Å²) < 4.78 is 5.37. The Morgan fingerprint density at radius 2 is 2.14 bits per heavy atom. The van der Waals surface area contributed by atoms with Gasteiger partial charge in [0.15, 0.2) is 5.82 Å². The molecule has 0 aliphatic carbocycles. The van der Waals surface area contributed by atoms with Crippen LogP contribution in [0.1, 0.15) is 54.3 Å². The monoisotopic (exact) mass is 303 g/mol. The molecule has 1 unspecified atom stereocenters. The van der Waals surface area contributed by atoms with E-state index in [-0.39, 0.29) is 6.04 Å². The number of rotatable bonds is 5. The normalized spacial score (nSPS) is 20.3. The van der Waals surface area contributed by atoms with Crippen molar-refractivity contribution in [3.05, 3.63) is 47.6 Å². The van der Waals surface area contributed by atoms with E-state index in [0.29, 0.717) is 11.1 Å². The number of aromatic nitrogens is 2. The first-order chi connectivity index (χ1) is 10.3. The molecule has 1 saturated heterocycles. The van der Waals surface area contributed by atoms with Gasteiger partial charge in [-0.25, -0.2) is 0 Å². The van der Waals surface area contributed by atoms with Gasteiger partial charge in [-0.2, -0.15) is 16.7 Å². The quantitative estimate of drug-likeness (QED) is 0.913. The molecular weight excluding hydrogens is 282 g/mol. The van der Waals surface area contributed by atoms with Gasteiger partial charge in [0, 0.05) is 0 Å². The van der Waals surface area contributed by atoms with E-state index in [1.165, 1.54) is 24.2 Å². The van der Waals surface area contributed by atoms with Crippen LogP contribution in [0, 0.1) is 0 Å². The SMILES string of the molecule is N[C@@H](CCc1ccccc1)c1nc(C2CCCCS2)no1. The molecule has 5 heteroatoms. The van der Waals surface area contributed by atoms with Gasteiger partial charge < -0.3 is 10.3 Å². The zero-order chi connectivity index (χ0) is 14.5. The first kappa shape index (κ1) is 14.6. The molecule has 2 atom stereocenters. The van der Waals surface area contributed by atoms with Crippen LogP contribution in [0.15, 0.2) is 34.9 Å². The lowest BCUT2D eigenvalue weighted by Crippen LogP contribution is -2.12. The molecule has 4 nitrogen and oxygen atoms in total. The maximum absolute atomic E-state index is 6.18. The zero-order valence-electron chi connectivity index (χ0n) is 12.1. The van der Waals surface area contributed by atoms with Gasteiger partial charge in [0.1, 0.15) is 0 Å². The molecule has 0 amide bonds. The summed E-state index contributed by atoms with van der Waals surface area (Å²) in [5.74, 6) is 2.59. The van der Waals surface area contributed by atoms with Gasteiger partial charge >= 0.3 is 0 Å². The van der Waals surface area contributed by atoms with Crippen LogP contribution in [-0.4, -0.2) is 15.9 Å². The maximum Gasteiger partial charge on any atom is 0.243 e. The van der Waals surface area contributed by atoms with Gasteiger partial charge in [-0.3, -0.25) is 0 Å². The van der Waals surface area contributed by atoms with Gasteiger partial charge in [-0.15, -0.1) is 0 Å². The average molecular weight is 303 g/mol.